The van der Waals surface area contributed by atoms with Gasteiger partial charge in [-0.25, -0.2) is 9.97 Å². The zero-order valence-corrected chi connectivity index (χ0v) is 14.2. The SMILES string of the molecule is COCCNc1cc(C(=O)Nc2c(Cl)cccc2Cl)nc(C)n1. The monoisotopic (exact) mass is 354 g/mol. The molecule has 0 atom stereocenters. The van der Waals surface area contributed by atoms with E-state index in [2.05, 4.69) is 20.6 Å². The van der Waals surface area contributed by atoms with Gasteiger partial charge in [0.05, 0.1) is 22.3 Å². The lowest BCUT2D eigenvalue weighted by Gasteiger charge is -2.10. The first kappa shape index (κ1) is 17.5. The summed E-state index contributed by atoms with van der Waals surface area (Å²) in [5.41, 5.74) is 0.569. The Morgan fingerprint density at radius 3 is 2.61 bits per heavy atom. The molecule has 2 aromatic rings. The second-order valence-corrected chi connectivity index (χ2v) is 5.47. The highest BCUT2D eigenvalue weighted by Gasteiger charge is 2.14. The van der Waals surface area contributed by atoms with E-state index in [0.717, 1.165) is 0 Å². The molecule has 2 N–H and O–H groups in total. The van der Waals surface area contributed by atoms with Gasteiger partial charge in [-0.05, 0) is 19.1 Å². The molecule has 1 amide bonds. The number of amides is 1. The Labute approximate surface area is 144 Å². The van der Waals surface area contributed by atoms with Gasteiger partial charge < -0.3 is 15.4 Å². The summed E-state index contributed by atoms with van der Waals surface area (Å²) >= 11 is 12.1. The molecule has 0 saturated carbocycles. The first-order chi connectivity index (χ1) is 11.0. The molecule has 2 rings (SSSR count). The molecular formula is C15H16Cl2N4O2. The number of halogens is 2. The molecule has 0 aliphatic carbocycles. The van der Waals surface area contributed by atoms with E-state index in [4.69, 9.17) is 27.9 Å². The summed E-state index contributed by atoms with van der Waals surface area (Å²) in [6, 6.07) is 6.55. The van der Waals surface area contributed by atoms with Gasteiger partial charge in [0.25, 0.3) is 5.91 Å². The van der Waals surface area contributed by atoms with Crippen LogP contribution in [0.3, 0.4) is 0 Å². The largest absolute Gasteiger partial charge is 0.383 e. The number of aryl methyl sites for hydroxylation is 1. The van der Waals surface area contributed by atoms with Crippen molar-refractivity contribution in [2.45, 2.75) is 6.92 Å². The van der Waals surface area contributed by atoms with Gasteiger partial charge in [-0.15, -0.1) is 0 Å². The predicted molar refractivity (Wildman–Crippen MR) is 91.5 cm³/mol. The van der Waals surface area contributed by atoms with Gasteiger partial charge in [-0.1, -0.05) is 29.3 Å². The van der Waals surface area contributed by atoms with Crippen LogP contribution in [0.4, 0.5) is 11.5 Å². The van der Waals surface area contributed by atoms with Gasteiger partial charge in [0.2, 0.25) is 0 Å². The van der Waals surface area contributed by atoms with E-state index in [-0.39, 0.29) is 5.69 Å². The number of benzene rings is 1. The fourth-order valence-electron chi connectivity index (χ4n) is 1.85. The molecule has 8 heteroatoms. The summed E-state index contributed by atoms with van der Waals surface area (Å²) in [7, 11) is 1.61. The number of ether oxygens (including phenoxy) is 1. The third kappa shape index (κ3) is 4.79. The maximum absolute atomic E-state index is 12.4. The summed E-state index contributed by atoms with van der Waals surface area (Å²) < 4.78 is 4.96. The molecule has 0 radical (unpaired) electrons. The lowest BCUT2D eigenvalue weighted by atomic mass is 10.3. The molecule has 23 heavy (non-hydrogen) atoms. The van der Waals surface area contributed by atoms with Gasteiger partial charge in [-0.2, -0.15) is 0 Å². The number of methoxy groups -OCH3 is 1. The first-order valence-corrected chi connectivity index (χ1v) is 7.60. The van der Waals surface area contributed by atoms with Crippen LogP contribution in [0.25, 0.3) is 0 Å². The first-order valence-electron chi connectivity index (χ1n) is 6.85. The second kappa shape index (κ2) is 8.10. The van der Waals surface area contributed by atoms with Gasteiger partial charge in [0.1, 0.15) is 17.3 Å². The van der Waals surface area contributed by atoms with Crippen molar-refractivity contribution in [2.24, 2.45) is 0 Å². The smallest absolute Gasteiger partial charge is 0.274 e. The van der Waals surface area contributed by atoms with E-state index in [1.807, 2.05) is 0 Å². The van der Waals surface area contributed by atoms with E-state index < -0.39 is 5.91 Å². The molecule has 0 spiro atoms. The molecule has 1 aromatic carbocycles. The Hall–Kier alpha value is -1.89. The second-order valence-electron chi connectivity index (χ2n) is 4.66. The predicted octanol–water partition coefficient (Wildman–Crippen LogP) is 3.40. The standard InChI is InChI=1S/C15H16Cl2N4O2/c1-9-19-12(8-13(20-9)18-6-7-23-2)15(22)21-14-10(16)4-3-5-11(14)17/h3-5,8H,6-7H2,1-2H3,(H,21,22)(H,18,19,20). The highest BCUT2D eigenvalue weighted by molar-refractivity contribution is 6.40. The molecular weight excluding hydrogens is 339 g/mol. The van der Waals surface area contributed by atoms with E-state index in [1.165, 1.54) is 0 Å². The summed E-state index contributed by atoms with van der Waals surface area (Å²) in [5, 5.41) is 6.44. The van der Waals surface area contributed by atoms with E-state index in [1.54, 1.807) is 38.3 Å². The number of hydrogen-bond acceptors (Lipinski definition) is 5. The van der Waals surface area contributed by atoms with Crippen LogP contribution in [0.15, 0.2) is 24.3 Å². The van der Waals surface area contributed by atoms with Gasteiger partial charge in [-0.3, -0.25) is 4.79 Å². The zero-order valence-electron chi connectivity index (χ0n) is 12.7. The third-order valence-electron chi connectivity index (χ3n) is 2.88. The molecule has 1 aromatic heterocycles. The molecule has 122 valence electrons. The molecule has 6 nitrogen and oxygen atoms in total. The summed E-state index contributed by atoms with van der Waals surface area (Å²) in [4.78, 5) is 20.7. The summed E-state index contributed by atoms with van der Waals surface area (Å²) in [6.07, 6.45) is 0. The van der Waals surface area contributed by atoms with Crippen molar-refractivity contribution in [2.75, 3.05) is 30.9 Å². The molecule has 0 unspecified atom stereocenters. The fourth-order valence-corrected chi connectivity index (χ4v) is 2.34. The van der Waals surface area contributed by atoms with Gasteiger partial charge >= 0.3 is 0 Å². The molecule has 0 saturated heterocycles. The summed E-state index contributed by atoms with van der Waals surface area (Å²) in [5.74, 6) is 0.605. The maximum atomic E-state index is 12.4. The number of carbonyl (C=O) groups is 1. The average molecular weight is 355 g/mol. The van der Waals surface area contributed by atoms with Crippen molar-refractivity contribution in [3.63, 3.8) is 0 Å². The normalized spacial score (nSPS) is 10.4. The molecule has 0 aliphatic rings. The van der Waals surface area contributed by atoms with E-state index in [0.29, 0.717) is 40.5 Å². The number of rotatable bonds is 6. The molecule has 0 bridgehead atoms. The van der Waals surface area contributed by atoms with Crippen molar-refractivity contribution in [3.05, 3.63) is 45.8 Å². The van der Waals surface area contributed by atoms with E-state index >= 15 is 0 Å². The number of aromatic nitrogens is 2. The van der Waals surface area contributed by atoms with Crippen LogP contribution in [-0.4, -0.2) is 36.1 Å². The Bertz CT molecular complexity index is 690. The summed E-state index contributed by atoms with van der Waals surface area (Å²) in [6.45, 7) is 2.81. The fraction of sp³-hybridized carbons (Fsp3) is 0.267. The van der Waals surface area contributed by atoms with Crippen molar-refractivity contribution in [1.29, 1.82) is 0 Å². The van der Waals surface area contributed by atoms with Crippen molar-refractivity contribution < 1.29 is 9.53 Å². The maximum Gasteiger partial charge on any atom is 0.274 e. The molecule has 0 aliphatic heterocycles. The third-order valence-corrected chi connectivity index (χ3v) is 3.51. The topological polar surface area (TPSA) is 76.1 Å². The van der Waals surface area contributed by atoms with Crippen molar-refractivity contribution >= 4 is 40.6 Å². The lowest BCUT2D eigenvalue weighted by molar-refractivity contribution is 0.102. The number of nitrogens with one attached hydrogen (secondary N) is 2. The zero-order chi connectivity index (χ0) is 16.8. The minimum absolute atomic E-state index is 0.216. The van der Waals surface area contributed by atoms with Crippen LogP contribution in [0, 0.1) is 6.92 Å². The Balaban J connectivity index is 2.18. The van der Waals surface area contributed by atoms with Crippen LogP contribution < -0.4 is 10.6 Å². The Morgan fingerprint density at radius 1 is 1.26 bits per heavy atom. The average Bonchev–Trinajstić information content (AvgIpc) is 2.50. The van der Waals surface area contributed by atoms with Crippen molar-refractivity contribution in [3.8, 4) is 0 Å². The van der Waals surface area contributed by atoms with E-state index in [9.17, 15) is 4.79 Å². The van der Waals surface area contributed by atoms with Crippen LogP contribution in [0.1, 0.15) is 16.3 Å². The lowest BCUT2D eigenvalue weighted by Crippen LogP contribution is -2.17. The Morgan fingerprint density at radius 2 is 1.96 bits per heavy atom. The number of anilines is 2. The highest BCUT2D eigenvalue weighted by atomic mass is 35.5. The number of carbonyl (C=O) groups excluding carboxylic acids is 1. The molecule has 1 heterocycles. The van der Waals surface area contributed by atoms with Crippen LogP contribution in [-0.2, 0) is 4.74 Å². The van der Waals surface area contributed by atoms with Crippen LogP contribution in [0.5, 0.6) is 0 Å². The van der Waals surface area contributed by atoms with Crippen molar-refractivity contribution in [1.82, 2.24) is 9.97 Å². The van der Waals surface area contributed by atoms with Crippen LogP contribution in [0.2, 0.25) is 10.0 Å². The highest BCUT2D eigenvalue weighted by Crippen LogP contribution is 2.30. The number of para-hydroxylation sites is 1. The minimum Gasteiger partial charge on any atom is -0.383 e. The number of hydrogen-bond donors (Lipinski definition) is 2. The van der Waals surface area contributed by atoms with Gasteiger partial charge in [0.15, 0.2) is 0 Å². The van der Waals surface area contributed by atoms with Crippen LogP contribution >= 0.6 is 23.2 Å². The van der Waals surface area contributed by atoms with Gasteiger partial charge in [0, 0.05) is 19.7 Å². The molecule has 0 fully saturated rings. The minimum atomic E-state index is -0.416. The number of nitrogens with zero attached hydrogens (tertiary/aromatic N) is 2. The Kier molecular flexibility index (Phi) is 6.15. The quantitative estimate of drug-likeness (QED) is 0.777.